The Labute approximate surface area is 125 Å². The highest BCUT2D eigenvalue weighted by atomic mass is 16.5. The molecule has 114 valence electrons. The van der Waals surface area contributed by atoms with Gasteiger partial charge in [0.2, 0.25) is 0 Å². The predicted molar refractivity (Wildman–Crippen MR) is 81.6 cm³/mol. The second-order valence-corrected chi connectivity index (χ2v) is 6.30. The van der Waals surface area contributed by atoms with Crippen molar-refractivity contribution in [2.75, 3.05) is 6.61 Å². The van der Waals surface area contributed by atoms with E-state index in [2.05, 4.69) is 21.5 Å². The summed E-state index contributed by atoms with van der Waals surface area (Å²) in [5, 5.41) is 9.94. The second kappa shape index (κ2) is 5.30. The van der Waals surface area contributed by atoms with Crippen molar-refractivity contribution in [3.8, 4) is 5.75 Å². The van der Waals surface area contributed by atoms with Crippen LogP contribution in [-0.2, 0) is 0 Å². The van der Waals surface area contributed by atoms with Crippen LogP contribution in [0.4, 0.5) is 0 Å². The molecule has 1 saturated carbocycles. The molecule has 0 bridgehead atoms. The van der Waals surface area contributed by atoms with Gasteiger partial charge in [0, 0.05) is 12.1 Å². The van der Waals surface area contributed by atoms with Crippen LogP contribution in [0.3, 0.4) is 0 Å². The Morgan fingerprint density at radius 3 is 2.90 bits per heavy atom. The summed E-state index contributed by atoms with van der Waals surface area (Å²) < 4.78 is 7.83. The van der Waals surface area contributed by atoms with E-state index in [0.29, 0.717) is 6.04 Å². The summed E-state index contributed by atoms with van der Waals surface area (Å²) in [4.78, 5) is 9.12. The first-order valence-corrected chi connectivity index (χ1v) is 7.70. The van der Waals surface area contributed by atoms with Gasteiger partial charge in [0.05, 0.1) is 18.4 Å². The molecule has 0 aromatic carbocycles. The molecule has 1 aliphatic carbocycles. The number of fused-ring (bicyclic) bond motifs is 1. The lowest BCUT2D eigenvalue weighted by molar-refractivity contribution is -0.0504. The molecular formula is C16H23N3O2. The van der Waals surface area contributed by atoms with Crippen LogP contribution in [0.1, 0.15) is 51.4 Å². The largest absolute Gasteiger partial charge is 0.492 e. The van der Waals surface area contributed by atoms with Crippen LogP contribution in [0.15, 0.2) is 12.3 Å². The van der Waals surface area contributed by atoms with E-state index in [4.69, 9.17) is 4.74 Å². The number of nitrogens with zero attached hydrogens (tertiary/aromatic N) is 3. The highest BCUT2D eigenvalue weighted by molar-refractivity contribution is 5.73. The van der Waals surface area contributed by atoms with Crippen molar-refractivity contribution in [3.63, 3.8) is 0 Å². The van der Waals surface area contributed by atoms with Gasteiger partial charge in [-0.05, 0) is 33.1 Å². The van der Waals surface area contributed by atoms with Gasteiger partial charge in [-0.3, -0.25) is 0 Å². The summed E-state index contributed by atoms with van der Waals surface area (Å²) in [6.45, 7) is 6.73. The smallest absolute Gasteiger partial charge is 0.160 e. The zero-order valence-electron chi connectivity index (χ0n) is 13.0. The Morgan fingerprint density at radius 1 is 1.48 bits per heavy atom. The minimum Gasteiger partial charge on any atom is -0.492 e. The van der Waals surface area contributed by atoms with Gasteiger partial charge in [-0.2, -0.15) is 0 Å². The monoisotopic (exact) mass is 289 g/mol. The third-order valence-corrected chi connectivity index (χ3v) is 4.16. The molecule has 2 aromatic rings. The molecule has 0 spiro atoms. The first-order chi connectivity index (χ1) is 10.00. The van der Waals surface area contributed by atoms with Crippen LogP contribution in [0.2, 0.25) is 0 Å². The Bertz CT molecular complexity index is 640. The molecule has 0 radical (unpaired) electrons. The average molecular weight is 289 g/mol. The number of hydrogen-bond acceptors (Lipinski definition) is 4. The van der Waals surface area contributed by atoms with Crippen LogP contribution in [0, 0.1) is 6.92 Å². The molecule has 1 fully saturated rings. The van der Waals surface area contributed by atoms with Crippen LogP contribution in [0.5, 0.6) is 5.75 Å². The highest BCUT2D eigenvalue weighted by Gasteiger charge is 2.40. The molecule has 1 aliphatic rings. The Morgan fingerprint density at radius 2 is 2.24 bits per heavy atom. The molecule has 0 aliphatic heterocycles. The quantitative estimate of drug-likeness (QED) is 0.860. The zero-order valence-corrected chi connectivity index (χ0v) is 13.0. The lowest BCUT2D eigenvalue weighted by atomic mass is 9.77. The number of unbranched alkanes of at least 4 members (excludes halogenated alkanes) is 1. The molecule has 3 rings (SSSR count). The van der Waals surface area contributed by atoms with Crippen LogP contribution in [0.25, 0.3) is 11.2 Å². The topological polar surface area (TPSA) is 60.2 Å². The van der Waals surface area contributed by atoms with Crippen molar-refractivity contribution >= 4 is 11.2 Å². The van der Waals surface area contributed by atoms with Crippen LogP contribution in [-0.4, -0.2) is 31.8 Å². The molecule has 5 heteroatoms. The molecule has 5 nitrogen and oxygen atoms in total. The maximum atomic E-state index is 9.94. The maximum absolute atomic E-state index is 9.94. The van der Waals surface area contributed by atoms with Gasteiger partial charge in [-0.1, -0.05) is 13.3 Å². The van der Waals surface area contributed by atoms with E-state index < -0.39 is 5.60 Å². The fourth-order valence-corrected chi connectivity index (χ4v) is 3.07. The lowest BCUT2D eigenvalue weighted by Gasteiger charge is -2.42. The van der Waals surface area contributed by atoms with E-state index in [1.807, 2.05) is 19.9 Å². The Balaban J connectivity index is 1.84. The van der Waals surface area contributed by atoms with Gasteiger partial charge in [0.1, 0.15) is 17.1 Å². The van der Waals surface area contributed by atoms with E-state index in [0.717, 1.165) is 55.0 Å². The number of aryl methyl sites for hydroxylation is 1. The molecular weight excluding hydrogens is 266 g/mol. The van der Waals surface area contributed by atoms with E-state index in [-0.39, 0.29) is 0 Å². The number of aromatic nitrogens is 3. The predicted octanol–water partition coefficient (Wildman–Crippen LogP) is 3.00. The number of imidazole rings is 1. The number of hydrogen-bond donors (Lipinski definition) is 1. The van der Waals surface area contributed by atoms with Crippen LogP contribution < -0.4 is 4.74 Å². The molecule has 2 heterocycles. The molecule has 0 atom stereocenters. The van der Waals surface area contributed by atoms with Crippen molar-refractivity contribution in [3.05, 3.63) is 18.1 Å². The average Bonchev–Trinajstić information content (AvgIpc) is 2.71. The molecule has 0 saturated heterocycles. The number of rotatable bonds is 5. The first kappa shape index (κ1) is 14.3. The van der Waals surface area contributed by atoms with Crippen molar-refractivity contribution in [2.45, 2.75) is 58.1 Å². The minimum absolute atomic E-state index is 0.296. The van der Waals surface area contributed by atoms with E-state index >= 15 is 0 Å². The molecule has 0 amide bonds. The van der Waals surface area contributed by atoms with Gasteiger partial charge < -0.3 is 14.4 Å². The maximum Gasteiger partial charge on any atom is 0.160 e. The van der Waals surface area contributed by atoms with Crippen LogP contribution >= 0.6 is 0 Å². The third kappa shape index (κ3) is 2.75. The summed E-state index contributed by atoms with van der Waals surface area (Å²) >= 11 is 0. The van der Waals surface area contributed by atoms with Crippen molar-refractivity contribution < 1.29 is 9.84 Å². The summed E-state index contributed by atoms with van der Waals surface area (Å²) in [5.74, 6) is 1.73. The SMILES string of the molecule is CCCCOc1cnc2c(c1)nc(C)n2C1CC(C)(O)C1. The third-order valence-electron chi connectivity index (χ3n) is 4.16. The number of aliphatic hydroxyl groups is 1. The van der Waals surface area contributed by atoms with Gasteiger partial charge >= 0.3 is 0 Å². The first-order valence-electron chi connectivity index (χ1n) is 7.70. The Hall–Kier alpha value is -1.62. The number of ether oxygens (including phenoxy) is 1. The summed E-state index contributed by atoms with van der Waals surface area (Å²) in [7, 11) is 0. The van der Waals surface area contributed by atoms with E-state index in [9.17, 15) is 5.11 Å². The standard InChI is InChI=1S/C16H23N3O2/c1-4-5-6-21-13-7-14-15(17-10-13)19(11(2)18-14)12-8-16(3,20)9-12/h7,10,12,20H,4-6,8-9H2,1-3H3. The second-order valence-electron chi connectivity index (χ2n) is 6.30. The summed E-state index contributed by atoms with van der Waals surface area (Å²) in [6.07, 6.45) is 5.45. The molecule has 0 unspecified atom stereocenters. The van der Waals surface area contributed by atoms with Gasteiger partial charge in [-0.25, -0.2) is 9.97 Å². The fraction of sp³-hybridized carbons (Fsp3) is 0.625. The highest BCUT2D eigenvalue weighted by Crippen LogP contribution is 2.42. The van der Waals surface area contributed by atoms with Crippen molar-refractivity contribution in [1.82, 2.24) is 14.5 Å². The normalized spacial score (nSPS) is 25.0. The molecule has 2 aromatic heterocycles. The van der Waals surface area contributed by atoms with Crippen molar-refractivity contribution in [2.24, 2.45) is 0 Å². The number of pyridine rings is 1. The van der Waals surface area contributed by atoms with Gasteiger partial charge in [-0.15, -0.1) is 0 Å². The zero-order chi connectivity index (χ0) is 15.0. The van der Waals surface area contributed by atoms with Gasteiger partial charge in [0.15, 0.2) is 5.65 Å². The van der Waals surface area contributed by atoms with Gasteiger partial charge in [0.25, 0.3) is 0 Å². The lowest BCUT2D eigenvalue weighted by Crippen LogP contribution is -2.42. The summed E-state index contributed by atoms with van der Waals surface area (Å²) in [6, 6.07) is 2.25. The molecule has 1 N–H and O–H groups in total. The van der Waals surface area contributed by atoms with E-state index in [1.165, 1.54) is 0 Å². The fourth-order valence-electron chi connectivity index (χ4n) is 3.07. The van der Waals surface area contributed by atoms with Crippen molar-refractivity contribution in [1.29, 1.82) is 0 Å². The minimum atomic E-state index is -0.545. The Kier molecular flexibility index (Phi) is 3.61. The summed E-state index contributed by atoms with van der Waals surface area (Å²) in [5.41, 5.74) is 1.21. The van der Waals surface area contributed by atoms with E-state index in [1.54, 1.807) is 6.20 Å². The molecule has 21 heavy (non-hydrogen) atoms.